The second-order valence-corrected chi connectivity index (χ2v) is 5.90. The highest BCUT2D eigenvalue weighted by Gasteiger charge is 2.24. The summed E-state index contributed by atoms with van der Waals surface area (Å²) in [6, 6.07) is 0. The SMILES string of the molecule is CC(CNC(=O)C1CCC(=O)NC1)S(C)=O. The maximum Gasteiger partial charge on any atom is 0.224 e. The third-order valence-corrected chi connectivity index (χ3v) is 4.07. The molecule has 16 heavy (non-hydrogen) atoms. The number of amides is 2. The van der Waals surface area contributed by atoms with E-state index in [9.17, 15) is 13.8 Å². The van der Waals surface area contributed by atoms with Crippen molar-refractivity contribution in [2.75, 3.05) is 19.3 Å². The van der Waals surface area contributed by atoms with Crippen molar-refractivity contribution < 1.29 is 13.8 Å². The van der Waals surface area contributed by atoms with Crippen LogP contribution in [0, 0.1) is 5.92 Å². The molecule has 1 aliphatic rings. The molecule has 3 unspecified atom stereocenters. The van der Waals surface area contributed by atoms with Crippen molar-refractivity contribution in [2.24, 2.45) is 5.92 Å². The predicted molar refractivity (Wildman–Crippen MR) is 62.3 cm³/mol. The molecule has 1 rings (SSSR count). The molecule has 1 aliphatic heterocycles. The Balaban J connectivity index is 2.30. The lowest BCUT2D eigenvalue weighted by molar-refractivity contribution is -0.128. The van der Waals surface area contributed by atoms with E-state index in [2.05, 4.69) is 10.6 Å². The summed E-state index contributed by atoms with van der Waals surface area (Å²) in [6.07, 6.45) is 2.63. The van der Waals surface area contributed by atoms with Gasteiger partial charge >= 0.3 is 0 Å². The zero-order valence-electron chi connectivity index (χ0n) is 9.62. The summed E-state index contributed by atoms with van der Waals surface area (Å²) in [5, 5.41) is 5.39. The van der Waals surface area contributed by atoms with Gasteiger partial charge in [0.1, 0.15) is 0 Å². The van der Waals surface area contributed by atoms with E-state index in [-0.39, 0.29) is 23.0 Å². The molecule has 0 saturated carbocycles. The fraction of sp³-hybridized carbons (Fsp3) is 0.800. The molecule has 2 N–H and O–H groups in total. The van der Waals surface area contributed by atoms with Gasteiger partial charge in [0.25, 0.3) is 0 Å². The van der Waals surface area contributed by atoms with Crippen molar-refractivity contribution >= 4 is 22.6 Å². The largest absolute Gasteiger partial charge is 0.355 e. The molecule has 0 aromatic heterocycles. The predicted octanol–water partition coefficient (Wildman–Crippen LogP) is -0.604. The van der Waals surface area contributed by atoms with Gasteiger partial charge in [0, 0.05) is 41.8 Å². The van der Waals surface area contributed by atoms with Crippen molar-refractivity contribution in [1.82, 2.24) is 10.6 Å². The Bertz CT molecular complexity index is 296. The Labute approximate surface area is 97.8 Å². The van der Waals surface area contributed by atoms with Crippen LogP contribution in [-0.2, 0) is 20.4 Å². The topological polar surface area (TPSA) is 75.3 Å². The van der Waals surface area contributed by atoms with Gasteiger partial charge in [-0.1, -0.05) is 0 Å². The van der Waals surface area contributed by atoms with Gasteiger partial charge in [-0.05, 0) is 13.3 Å². The molecule has 6 heteroatoms. The summed E-state index contributed by atoms with van der Waals surface area (Å²) in [5.74, 6) is -0.195. The van der Waals surface area contributed by atoms with E-state index >= 15 is 0 Å². The zero-order valence-corrected chi connectivity index (χ0v) is 10.4. The standard InChI is InChI=1S/C10H18N2O3S/c1-7(16(2)15)5-12-10(14)8-3-4-9(13)11-6-8/h7-8H,3-6H2,1-2H3,(H,11,13)(H,12,14). The Morgan fingerprint density at radius 2 is 2.38 bits per heavy atom. The Hall–Kier alpha value is -0.910. The molecular formula is C10H18N2O3S. The Kier molecular flexibility index (Phi) is 4.92. The van der Waals surface area contributed by atoms with E-state index in [0.29, 0.717) is 25.9 Å². The van der Waals surface area contributed by atoms with Gasteiger partial charge in [0.05, 0.1) is 5.92 Å². The van der Waals surface area contributed by atoms with Crippen LogP contribution in [0.15, 0.2) is 0 Å². The molecule has 0 radical (unpaired) electrons. The van der Waals surface area contributed by atoms with Gasteiger partial charge in [-0.2, -0.15) is 0 Å². The van der Waals surface area contributed by atoms with Crippen LogP contribution in [0.25, 0.3) is 0 Å². The fourth-order valence-corrected chi connectivity index (χ4v) is 1.78. The highest BCUT2D eigenvalue weighted by Crippen LogP contribution is 2.10. The first-order valence-corrected chi connectivity index (χ1v) is 6.99. The molecular weight excluding hydrogens is 228 g/mol. The van der Waals surface area contributed by atoms with Gasteiger partial charge in [-0.3, -0.25) is 13.8 Å². The maximum absolute atomic E-state index is 11.7. The van der Waals surface area contributed by atoms with E-state index in [4.69, 9.17) is 0 Å². The van der Waals surface area contributed by atoms with Crippen molar-refractivity contribution in [1.29, 1.82) is 0 Å². The van der Waals surface area contributed by atoms with Gasteiger partial charge in [-0.25, -0.2) is 0 Å². The number of hydrogen-bond acceptors (Lipinski definition) is 3. The minimum absolute atomic E-state index is 0.00656. The van der Waals surface area contributed by atoms with Crippen molar-refractivity contribution in [3.8, 4) is 0 Å². The summed E-state index contributed by atoms with van der Waals surface area (Å²) in [5.41, 5.74) is 0. The molecule has 1 fully saturated rings. The summed E-state index contributed by atoms with van der Waals surface area (Å²) < 4.78 is 11.1. The Morgan fingerprint density at radius 1 is 1.69 bits per heavy atom. The number of carbonyl (C=O) groups excluding carboxylic acids is 2. The average Bonchev–Trinajstić information content (AvgIpc) is 2.26. The Morgan fingerprint density at radius 3 is 2.88 bits per heavy atom. The lowest BCUT2D eigenvalue weighted by Gasteiger charge is -2.22. The molecule has 0 aromatic carbocycles. The van der Waals surface area contributed by atoms with Crippen molar-refractivity contribution in [3.63, 3.8) is 0 Å². The monoisotopic (exact) mass is 246 g/mol. The van der Waals surface area contributed by atoms with Gasteiger partial charge in [-0.15, -0.1) is 0 Å². The van der Waals surface area contributed by atoms with E-state index < -0.39 is 10.8 Å². The second-order valence-electron chi connectivity index (χ2n) is 4.09. The lowest BCUT2D eigenvalue weighted by Crippen LogP contribution is -2.44. The second kappa shape index (κ2) is 5.98. The first-order valence-electron chi connectivity index (χ1n) is 5.37. The minimum atomic E-state index is -0.922. The number of nitrogens with one attached hydrogen (secondary N) is 2. The number of rotatable bonds is 4. The first-order chi connectivity index (χ1) is 7.50. The third-order valence-electron chi connectivity index (χ3n) is 2.77. The average molecular weight is 246 g/mol. The zero-order chi connectivity index (χ0) is 12.1. The van der Waals surface area contributed by atoms with Crippen LogP contribution in [-0.4, -0.2) is 40.6 Å². The van der Waals surface area contributed by atoms with Crippen LogP contribution < -0.4 is 10.6 Å². The smallest absolute Gasteiger partial charge is 0.224 e. The molecule has 0 aliphatic carbocycles. The number of hydrogen-bond donors (Lipinski definition) is 2. The highest BCUT2D eigenvalue weighted by molar-refractivity contribution is 7.84. The molecule has 1 saturated heterocycles. The quantitative estimate of drug-likeness (QED) is 0.695. The summed E-state index contributed by atoms with van der Waals surface area (Å²) in [4.78, 5) is 22.6. The maximum atomic E-state index is 11.7. The van der Waals surface area contributed by atoms with Crippen molar-refractivity contribution in [3.05, 3.63) is 0 Å². The third kappa shape index (κ3) is 3.92. The minimum Gasteiger partial charge on any atom is -0.355 e. The van der Waals surface area contributed by atoms with E-state index in [0.717, 1.165) is 0 Å². The van der Waals surface area contributed by atoms with Gasteiger partial charge < -0.3 is 10.6 Å². The summed E-state index contributed by atoms with van der Waals surface area (Å²) in [7, 11) is -0.922. The van der Waals surface area contributed by atoms with E-state index in [1.54, 1.807) is 6.26 Å². The van der Waals surface area contributed by atoms with Crippen LogP contribution in [0.1, 0.15) is 19.8 Å². The number of carbonyl (C=O) groups is 2. The number of piperidine rings is 1. The van der Waals surface area contributed by atoms with E-state index in [1.165, 1.54) is 0 Å². The van der Waals surface area contributed by atoms with Crippen LogP contribution in [0.5, 0.6) is 0 Å². The van der Waals surface area contributed by atoms with E-state index in [1.807, 2.05) is 6.92 Å². The summed E-state index contributed by atoms with van der Waals surface area (Å²) >= 11 is 0. The lowest BCUT2D eigenvalue weighted by atomic mass is 9.98. The van der Waals surface area contributed by atoms with Crippen LogP contribution in [0.3, 0.4) is 0 Å². The summed E-state index contributed by atoms with van der Waals surface area (Å²) in [6.45, 7) is 2.67. The molecule has 3 atom stereocenters. The molecule has 2 amide bonds. The molecule has 0 bridgehead atoms. The van der Waals surface area contributed by atoms with Gasteiger partial charge in [0.2, 0.25) is 11.8 Å². The first kappa shape index (κ1) is 13.2. The van der Waals surface area contributed by atoms with Crippen LogP contribution in [0.4, 0.5) is 0 Å². The molecule has 0 spiro atoms. The fourth-order valence-electron chi connectivity index (χ4n) is 1.46. The molecule has 1 heterocycles. The molecule has 0 aromatic rings. The van der Waals surface area contributed by atoms with Gasteiger partial charge in [0.15, 0.2) is 0 Å². The van der Waals surface area contributed by atoms with Crippen LogP contribution in [0.2, 0.25) is 0 Å². The molecule has 92 valence electrons. The highest BCUT2D eigenvalue weighted by atomic mass is 32.2. The normalized spacial score (nSPS) is 24.4. The van der Waals surface area contributed by atoms with Crippen LogP contribution >= 0.6 is 0 Å². The van der Waals surface area contributed by atoms with Crippen molar-refractivity contribution in [2.45, 2.75) is 25.0 Å². The molecule has 5 nitrogen and oxygen atoms in total.